The van der Waals surface area contributed by atoms with Gasteiger partial charge in [-0.3, -0.25) is 4.79 Å². The molecule has 0 atom stereocenters. The summed E-state index contributed by atoms with van der Waals surface area (Å²) in [6.07, 6.45) is 14.9. The summed E-state index contributed by atoms with van der Waals surface area (Å²) in [5.74, 6) is 0.795. The predicted octanol–water partition coefficient (Wildman–Crippen LogP) is 6.33. The van der Waals surface area contributed by atoms with Crippen molar-refractivity contribution in [1.82, 2.24) is 9.97 Å². The van der Waals surface area contributed by atoms with Crippen LogP contribution in [0, 0.1) is 11.3 Å². The summed E-state index contributed by atoms with van der Waals surface area (Å²) in [7, 11) is 0. The highest BCUT2D eigenvalue weighted by Crippen LogP contribution is 2.24. The number of aromatic amines is 1. The van der Waals surface area contributed by atoms with Gasteiger partial charge in [0.2, 0.25) is 0 Å². The first-order valence-electron chi connectivity index (χ1n) is 11.0. The molecule has 1 aromatic heterocycles. The van der Waals surface area contributed by atoms with Gasteiger partial charge in [-0.2, -0.15) is 5.26 Å². The van der Waals surface area contributed by atoms with Gasteiger partial charge in [0.25, 0.3) is 5.56 Å². The Balaban J connectivity index is 1.74. The number of thioether (sulfide) groups is 1. The molecule has 0 saturated heterocycles. The van der Waals surface area contributed by atoms with Gasteiger partial charge in [-0.15, -0.1) is 0 Å². The molecule has 2 aromatic rings. The Labute approximate surface area is 184 Å². The Kier molecular flexibility index (Phi) is 11.1. The highest BCUT2D eigenvalue weighted by molar-refractivity contribution is 7.98. The topological polar surface area (TPSA) is 78.8 Å². The van der Waals surface area contributed by atoms with Crippen LogP contribution in [0.1, 0.15) is 76.7 Å². The number of hydrogen-bond donors (Lipinski definition) is 1. The van der Waals surface area contributed by atoms with Gasteiger partial charge < -0.3 is 9.72 Å². The van der Waals surface area contributed by atoms with Crippen LogP contribution >= 0.6 is 11.8 Å². The number of unbranched alkanes of at least 4 members (excludes halogenated alkanes) is 9. The van der Waals surface area contributed by atoms with Crippen molar-refractivity contribution < 1.29 is 4.74 Å². The minimum atomic E-state index is -0.409. The van der Waals surface area contributed by atoms with Gasteiger partial charge in [0, 0.05) is 5.56 Å². The van der Waals surface area contributed by atoms with Gasteiger partial charge in [-0.25, -0.2) is 4.98 Å². The molecule has 0 spiro atoms. The van der Waals surface area contributed by atoms with Crippen molar-refractivity contribution in [2.45, 2.75) is 76.3 Å². The van der Waals surface area contributed by atoms with Gasteiger partial charge >= 0.3 is 0 Å². The third kappa shape index (κ3) is 7.87. The van der Waals surface area contributed by atoms with Gasteiger partial charge in [0.1, 0.15) is 17.4 Å². The summed E-state index contributed by atoms with van der Waals surface area (Å²) in [6, 6.07) is 9.39. The van der Waals surface area contributed by atoms with Crippen molar-refractivity contribution in [3.63, 3.8) is 0 Å². The molecule has 6 heteroatoms. The van der Waals surface area contributed by atoms with Crippen LogP contribution in [0.25, 0.3) is 11.3 Å². The monoisotopic (exact) mass is 427 g/mol. The van der Waals surface area contributed by atoms with Crippen LogP contribution in [0.5, 0.6) is 5.75 Å². The average molecular weight is 428 g/mol. The van der Waals surface area contributed by atoms with E-state index in [0.717, 1.165) is 17.7 Å². The largest absolute Gasteiger partial charge is 0.494 e. The Morgan fingerprint density at radius 1 is 1.00 bits per heavy atom. The fraction of sp³-hybridized carbons (Fsp3) is 0.542. The standard InChI is InChI=1S/C24H33N3O2S/c1-3-4-5-6-7-8-9-10-11-12-17-29-20-15-13-19(14-16-20)22-21(18-25)23(28)27-24(26-22)30-2/h13-16H,3-12,17H2,1-2H3,(H,26,27,28). The number of nitrogens with one attached hydrogen (secondary N) is 1. The number of hydrogen-bond acceptors (Lipinski definition) is 5. The van der Waals surface area contributed by atoms with Gasteiger partial charge in [-0.05, 0) is 36.9 Å². The molecular formula is C24H33N3O2S. The van der Waals surface area contributed by atoms with Crippen molar-refractivity contribution in [2.75, 3.05) is 12.9 Å². The van der Waals surface area contributed by atoms with Crippen molar-refractivity contribution in [3.05, 3.63) is 40.2 Å². The van der Waals surface area contributed by atoms with Crippen LogP contribution in [0.15, 0.2) is 34.2 Å². The molecule has 0 fully saturated rings. The predicted molar refractivity (Wildman–Crippen MR) is 124 cm³/mol. The van der Waals surface area contributed by atoms with Crippen LogP contribution in [-0.4, -0.2) is 22.8 Å². The van der Waals surface area contributed by atoms with E-state index in [1.165, 1.54) is 69.5 Å². The molecule has 0 aliphatic rings. The molecule has 2 rings (SSSR count). The zero-order valence-electron chi connectivity index (χ0n) is 18.2. The molecule has 162 valence electrons. The fourth-order valence-electron chi connectivity index (χ4n) is 3.35. The van der Waals surface area contributed by atoms with E-state index in [-0.39, 0.29) is 5.56 Å². The third-order valence-electron chi connectivity index (χ3n) is 5.10. The number of nitrogens with zero attached hydrogens (tertiary/aromatic N) is 2. The van der Waals surface area contributed by atoms with Crippen LogP contribution in [-0.2, 0) is 0 Å². The first kappa shape index (κ1) is 24.0. The molecule has 0 saturated carbocycles. The maximum Gasteiger partial charge on any atom is 0.270 e. The zero-order valence-corrected chi connectivity index (χ0v) is 19.0. The minimum absolute atomic E-state index is 0.0341. The Bertz CT molecular complexity index is 856. The average Bonchev–Trinajstić information content (AvgIpc) is 2.77. The molecule has 0 unspecified atom stereocenters. The number of nitriles is 1. The van der Waals surface area contributed by atoms with Gasteiger partial charge in [-0.1, -0.05) is 76.5 Å². The molecule has 0 radical (unpaired) electrons. The lowest BCUT2D eigenvalue weighted by molar-refractivity contribution is 0.304. The van der Waals surface area contributed by atoms with Gasteiger partial charge in [0.15, 0.2) is 5.16 Å². The summed E-state index contributed by atoms with van der Waals surface area (Å²) in [6.45, 7) is 2.96. The number of rotatable bonds is 14. The fourth-order valence-corrected chi connectivity index (χ4v) is 3.73. The quantitative estimate of drug-likeness (QED) is 0.216. The summed E-state index contributed by atoms with van der Waals surface area (Å²) in [4.78, 5) is 19.1. The van der Waals surface area contributed by atoms with E-state index in [9.17, 15) is 10.1 Å². The van der Waals surface area contributed by atoms with E-state index >= 15 is 0 Å². The summed E-state index contributed by atoms with van der Waals surface area (Å²) in [5, 5.41) is 9.80. The second-order valence-corrected chi connectivity index (χ2v) is 8.26. The van der Waals surface area contributed by atoms with Crippen molar-refractivity contribution >= 4 is 11.8 Å². The number of H-pyrrole nitrogens is 1. The van der Waals surface area contributed by atoms with Crippen LogP contribution in [0.3, 0.4) is 0 Å². The molecule has 30 heavy (non-hydrogen) atoms. The van der Waals surface area contributed by atoms with Crippen molar-refractivity contribution in [2.24, 2.45) is 0 Å². The lowest BCUT2D eigenvalue weighted by Gasteiger charge is -2.08. The number of aromatic nitrogens is 2. The van der Waals surface area contributed by atoms with Crippen LogP contribution in [0.2, 0.25) is 0 Å². The lowest BCUT2D eigenvalue weighted by Crippen LogP contribution is -2.14. The summed E-state index contributed by atoms with van der Waals surface area (Å²) >= 11 is 1.34. The van der Waals surface area contributed by atoms with Gasteiger partial charge in [0.05, 0.1) is 12.3 Å². The lowest BCUT2D eigenvalue weighted by atomic mass is 10.1. The first-order chi connectivity index (χ1) is 14.7. The third-order valence-corrected chi connectivity index (χ3v) is 5.68. The maximum absolute atomic E-state index is 12.1. The zero-order chi connectivity index (χ0) is 21.6. The second-order valence-electron chi connectivity index (χ2n) is 7.47. The van der Waals surface area contributed by atoms with Crippen LogP contribution in [0.4, 0.5) is 0 Å². The Hall–Kier alpha value is -2.26. The minimum Gasteiger partial charge on any atom is -0.494 e. The molecule has 0 bridgehead atoms. The normalized spacial score (nSPS) is 10.7. The van der Waals surface area contributed by atoms with E-state index in [2.05, 4.69) is 16.9 Å². The first-order valence-corrected chi connectivity index (χ1v) is 12.2. The number of ether oxygens (including phenoxy) is 1. The van der Waals surface area contributed by atoms with Crippen molar-refractivity contribution in [1.29, 1.82) is 5.26 Å². The highest BCUT2D eigenvalue weighted by atomic mass is 32.2. The Morgan fingerprint density at radius 2 is 1.60 bits per heavy atom. The highest BCUT2D eigenvalue weighted by Gasteiger charge is 2.13. The molecule has 1 N–H and O–H groups in total. The number of benzene rings is 1. The molecule has 5 nitrogen and oxygen atoms in total. The molecule has 0 aliphatic carbocycles. The molecule has 1 aromatic carbocycles. The summed E-state index contributed by atoms with van der Waals surface area (Å²) < 4.78 is 5.84. The van der Waals surface area contributed by atoms with E-state index in [1.54, 1.807) is 0 Å². The maximum atomic E-state index is 12.1. The SMILES string of the molecule is CCCCCCCCCCCCOc1ccc(-c2nc(SC)[nH]c(=O)c2C#N)cc1. The smallest absolute Gasteiger partial charge is 0.270 e. The molecule has 0 amide bonds. The van der Waals surface area contributed by atoms with E-state index in [0.29, 0.717) is 17.5 Å². The Morgan fingerprint density at radius 3 is 2.17 bits per heavy atom. The van der Waals surface area contributed by atoms with E-state index < -0.39 is 5.56 Å². The van der Waals surface area contributed by atoms with E-state index in [1.807, 2.05) is 36.6 Å². The van der Waals surface area contributed by atoms with Crippen LogP contribution < -0.4 is 10.3 Å². The summed E-state index contributed by atoms with van der Waals surface area (Å²) in [5.41, 5.74) is 0.769. The molecular weight excluding hydrogens is 394 g/mol. The second kappa shape index (κ2) is 13.9. The molecule has 0 aliphatic heterocycles. The van der Waals surface area contributed by atoms with Crippen molar-refractivity contribution in [3.8, 4) is 23.1 Å². The van der Waals surface area contributed by atoms with E-state index in [4.69, 9.17) is 4.74 Å². The molecule has 1 heterocycles.